The normalized spacial score (nSPS) is 12.8. The van der Waals surface area contributed by atoms with E-state index in [0.717, 1.165) is 28.1 Å². The van der Waals surface area contributed by atoms with Crippen LogP contribution in [0.25, 0.3) is 10.6 Å². The van der Waals surface area contributed by atoms with E-state index in [1.165, 1.54) is 16.9 Å². The number of amides is 1. The molecule has 0 atom stereocenters. The van der Waals surface area contributed by atoms with Crippen LogP contribution in [0.5, 0.6) is 11.5 Å². The fourth-order valence-electron chi connectivity index (χ4n) is 3.77. The number of rotatable bonds is 7. The van der Waals surface area contributed by atoms with Gasteiger partial charge in [0.05, 0.1) is 14.2 Å². The third-order valence-corrected chi connectivity index (χ3v) is 6.61. The summed E-state index contributed by atoms with van der Waals surface area (Å²) in [7, 11) is 3.18. The summed E-state index contributed by atoms with van der Waals surface area (Å²) < 4.78 is 16.0. The largest absolute Gasteiger partial charge is 0.493 e. The number of benzene rings is 2. The molecule has 0 saturated heterocycles. The fraction of sp³-hybridized carbons (Fsp3) is 0.320. The molecule has 0 saturated carbocycles. The van der Waals surface area contributed by atoms with Crippen molar-refractivity contribution >= 4 is 23.2 Å². The van der Waals surface area contributed by atoms with Crippen molar-refractivity contribution < 1.29 is 23.8 Å². The molecule has 0 radical (unpaired) electrons. The second-order valence-electron chi connectivity index (χ2n) is 7.71. The monoisotopic (exact) mass is 466 g/mol. The number of thiazole rings is 1. The van der Waals surface area contributed by atoms with E-state index in [4.69, 9.17) is 14.2 Å². The third kappa shape index (κ3) is 5.01. The first-order chi connectivity index (χ1) is 16.0. The Morgan fingerprint density at radius 3 is 2.42 bits per heavy atom. The molecule has 1 aromatic heterocycles. The van der Waals surface area contributed by atoms with Crippen molar-refractivity contribution in [2.75, 3.05) is 27.4 Å². The summed E-state index contributed by atoms with van der Waals surface area (Å²) in [5.41, 5.74) is 4.52. The van der Waals surface area contributed by atoms with Gasteiger partial charge in [-0.2, -0.15) is 0 Å². The molecule has 3 aromatic rings. The highest BCUT2D eigenvalue weighted by Gasteiger charge is 2.24. The van der Waals surface area contributed by atoms with Crippen molar-refractivity contribution in [2.24, 2.45) is 0 Å². The molecule has 1 aliphatic heterocycles. The second-order valence-corrected chi connectivity index (χ2v) is 8.56. The van der Waals surface area contributed by atoms with E-state index in [0.29, 0.717) is 31.0 Å². The van der Waals surface area contributed by atoms with Crippen LogP contribution < -0.4 is 9.47 Å². The van der Waals surface area contributed by atoms with E-state index in [9.17, 15) is 9.59 Å². The highest BCUT2D eigenvalue weighted by atomic mass is 32.1. The number of ether oxygens (including phenoxy) is 3. The van der Waals surface area contributed by atoms with Crippen LogP contribution in [0.3, 0.4) is 0 Å². The quantitative estimate of drug-likeness (QED) is 0.487. The lowest BCUT2D eigenvalue weighted by Gasteiger charge is -2.29. The van der Waals surface area contributed by atoms with E-state index < -0.39 is 5.97 Å². The van der Waals surface area contributed by atoms with Gasteiger partial charge in [0.2, 0.25) is 0 Å². The van der Waals surface area contributed by atoms with Crippen LogP contribution in [0.2, 0.25) is 0 Å². The predicted molar refractivity (Wildman–Crippen MR) is 126 cm³/mol. The fourth-order valence-corrected chi connectivity index (χ4v) is 4.57. The number of hydrogen-bond donors (Lipinski definition) is 0. The first-order valence-corrected chi connectivity index (χ1v) is 11.6. The molecule has 2 aromatic carbocycles. The van der Waals surface area contributed by atoms with Crippen molar-refractivity contribution in [3.63, 3.8) is 0 Å². The summed E-state index contributed by atoms with van der Waals surface area (Å²) in [4.78, 5) is 31.2. The standard InChI is InChI=1S/C25H26N2O5S/c1-4-16-5-7-17(8-6-16)24-26-20(15-33-24)25(29)32-14-23(28)27-10-9-18-11-21(30-2)22(31-3)12-19(18)13-27/h5-8,11-12,15H,4,9-10,13-14H2,1-3H3. The molecule has 4 rings (SSSR count). The van der Waals surface area contributed by atoms with Gasteiger partial charge < -0.3 is 19.1 Å². The number of methoxy groups -OCH3 is 2. The van der Waals surface area contributed by atoms with Gasteiger partial charge in [-0.1, -0.05) is 31.2 Å². The number of esters is 1. The van der Waals surface area contributed by atoms with Gasteiger partial charge in [0.1, 0.15) is 5.01 Å². The Labute approximate surface area is 196 Å². The topological polar surface area (TPSA) is 78.0 Å². The van der Waals surface area contributed by atoms with Crippen molar-refractivity contribution in [3.8, 4) is 22.1 Å². The number of carbonyl (C=O) groups is 2. The van der Waals surface area contributed by atoms with Crippen LogP contribution in [0.4, 0.5) is 0 Å². The Morgan fingerprint density at radius 2 is 1.76 bits per heavy atom. The molecule has 0 bridgehead atoms. The van der Waals surface area contributed by atoms with Crippen molar-refractivity contribution in [1.82, 2.24) is 9.88 Å². The van der Waals surface area contributed by atoms with Gasteiger partial charge in [-0.05, 0) is 41.7 Å². The maximum atomic E-state index is 12.7. The number of hydrogen-bond acceptors (Lipinski definition) is 7. The molecule has 7 nitrogen and oxygen atoms in total. The molecule has 0 unspecified atom stereocenters. The summed E-state index contributed by atoms with van der Waals surface area (Å²) in [6.45, 7) is 2.76. The average molecular weight is 467 g/mol. The molecule has 172 valence electrons. The van der Waals surface area contributed by atoms with Gasteiger partial charge in [0.25, 0.3) is 5.91 Å². The minimum absolute atomic E-state index is 0.211. The lowest BCUT2D eigenvalue weighted by atomic mass is 9.99. The smallest absolute Gasteiger partial charge is 0.358 e. The molecule has 1 aliphatic rings. The number of aromatic nitrogens is 1. The van der Waals surface area contributed by atoms with Gasteiger partial charge in [-0.15, -0.1) is 11.3 Å². The van der Waals surface area contributed by atoms with Crippen LogP contribution in [0.15, 0.2) is 41.8 Å². The van der Waals surface area contributed by atoms with E-state index >= 15 is 0 Å². The predicted octanol–water partition coefficient (Wildman–Crippen LogP) is 4.13. The van der Waals surface area contributed by atoms with E-state index in [-0.39, 0.29) is 18.2 Å². The molecule has 0 spiro atoms. The molecule has 33 heavy (non-hydrogen) atoms. The SMILES string of the molecule is CCc1ccc(-c2nc(C(=O)OCC(=O)N3CCc4cc(OC)c(OC)cc4C3)cs2)cc1. The summed E-state index contributed by atoms with van der Waals surface area (Å²) in [5, 5.41) is 2.40. The zero-order valence-electron chi connectivity index (χ0n) is 18.9. The lowest BCUT2D eigenvalue weighted by Crippen LogP contribution is -2.38. The number of carbonyl (C=O) groups excluding carboxylic acids is 2. The van der Waals surface area contributed by atoms with E-state index in [1.807, 2.05) is 24.3 Å². The minimum atomic E-state index is -0.597. The Bertz CT molecular complexity index is 1160. The average Bonchev–Trinajstić information content (AvgIpc) is 3.36. The number of nitrogens with zero attached hydrogens (tertiary/aromatic N) is 2. The third-order valence-electron chi connectivity index (χ3n) is 5.72. The van der Waals surface area contributed by atoms with Crippen LogP contribution in [-0.4, -0.2) is 49.1 Å². The molecule has 0 N–H and O–H groups in total. The first-order valence-electron chi connectivity index (χ1n) is 10.8. The number of aryl methyl sites for hydroxylation is 1. The van der Waals surface area contributed by atoms with Gasteiger partial charge in [-0.3, -0.25) is 4.79 Å². The Kier molecular flexibility index (Phi) is 6.93. The molecule has 8 heteroatoms. The van der Waals surface area contributed by atoms with Crippen LogP contribution in [-0.2, 0) is 28.9 Å². The summed E-state index contributed by atoms with van der Waals surface area (Å²) >= 11 is 1.38. The lowest BCUT2D eigenvalue weighted by molar-refractivity contribution is -0.135. The summed E-state index contributed by atoms with van der Waals surface area (Å²) in [6, 6.07) is 11.9. The van der Waals surface area contributed by atoms with Crippen molar-refractivity contribution in [2.45, 2.75) is 26.3 Å². The van der Waals surface area contributed by atoms with Gasteiger partial charge in [0, 0.05) is 24.0 Å². The van der Waals surface area contributed by atoms with Crippen molar-refractivity contribution in [3.05, 3.63) is 64.2 Å². The molecular formula is C25H26N2O5S. The van der Waals surface area contributed by atoms with Gasteiger partial charge in [-0.25, -0.2) is 9.78 Å². The molecule has 0 aliphatic carbocycles. The maximum absolute atomic E-state index is 12.7. The van der Waals surface area contributed by atoms with Gasteiger partial charge >= 0.3 is 5.97 Å². The zero-order chi connectivity index (χ0) is 23.4. The molecule has 0 fully saturated rings. The van der Waals surface area contributed by atoms with Crippen LogP contribution in [0, 0.1) is 0 Å². The van der Waals surface area contributed by atoms with Crippen LogP contribution in [0.1, 0.15) is 34.1 Å². The second kappa shape index (κ2) is 10.0. The van der Waals surface area contributed by atoms with Crippen LogP contribution >= 0.6 is 11.3 Å². The Morgan fingerprint density at radius 1 is 1.06 bits per heavy atom. The molecule has 1 amide bonds. The highest BCUT2D eigenvalue weighted by Crippen LogP contribution is 2.33. The highest BCUT2D eigenvalue weighted by molar-refractivity contribution is 7.13. The molecular weight excluding hydrogens is 440 g/mol. The first kappa shape index (κ1) is 22.8. The summed E-state index contributed by atoms with van der Waals surface area (Å²) in [6.07, 6.45) is 1.66. The maximum Gasteiger partial charge on any atom is 0.358 e. The minimum Gasteiger partial charge on any atom is -0.493 e. The Hall–Kier alpha value is -3.39. The van der Waals surface area contributed by atoms with Gasteiger partial charge in [0.15, 0.2) is 23.8 Å². The zero-order valence-corrected chi connectivity index (χ0v) is 19.7. The summed E-state index contributed by atoms with van der Waals surface area (Å²) in [5.74, 6) is 0.462. The Balaban J connectivity index is 1.35. The van der Waals surface area contributed by atoms with E-state index in [1.54, 1.807) is 24.5 Å². The molecule has 2 heterocycles. The number of fused-ring (bicyclic) bond motifs is 1. The van der Waals surface area contributed by atoms with E-state index in [2.05, 4.69) is 24.0 Å². The van der Waals surface area contributed by atoms with Crippen molar-refractivity contribution in [1.29, 1.82) is 0 Å².